The van der Waals surface area contributed by atoms with E-state index in [1.54, 1.807) is 16.7 Å². The largest absolute Gasteiger partial charge is 0.450 e. The average Bonchev–Trinajstić information content (AvgIpc) is 3.12. The van der Waals surface area contributed by atoms with E-state index in [-0.39, 0.29) is 12.0 Å². The molecule has 132 valence electrons. The van der Waals surface area contributed by atoms with Crippen molar-refractivity contribution in [1.82, 2.24) is 19.4 Å². The molecule has 1 fully saturated rings. The van der Waals surface area contributed by atoms with Crippen molar-refractivity contribution in [2.45, 2.75) is 13.8 Å². The lowest BCUT2D eigenvalue weighted by molar-refractivity contribution is 0.0574. The van der Waals surface area contributed by atoms with Crippen LogP contribution in [-0.2, 0) is 4.74 Å². The lowest BCUT2D eigenvalue weighted by atomic mass is 10.1. The lowest BCUT2D eigenvalue weighted by Gasteiger charge is -2.33. The van der Waals surface area contributed by atoms with Gasteiger partial charge in [0.2, 0.25) is 0 Å². The van der Waals surface area contributed by atoms with E-state index >= 15 is 0 Å². The summed E-state index contributed by atoms with van der Waals surface area (Å²) in [5.41, 5.74) is 2.64. The van der Waals surface area contributed by atoms with Crippen molar-refractivity contribution in [1.29, 1.82) is 0 Å². The zero-order valence-corrected chi connectivity index (χ0v) is 15.1. The van der Waals surface area contributed by atoms with E-state index in [0.29, 0.717) is 43.4 Å². The van der Waals surface area contributed by atoms with Gasteiger partial charge in [-0.25, -0.2) is 4.79 Å². The van der Waals surface area contributed by atoms with Crippen molar-refractivity contribution >= 4 is 23.5 Å². The minimum Gasteiger partial charge on any atom is -0.450 e. The highest BCUT2D eigenvalue weighted by Crippen LogP contribution is 2.26. The van der Waals surface area contributed by atoms with Crippen LogP contribution in [0.4, 0.5) is 4.79 Å². The van der Waals surface area contributed by atoms with E-state index < -0.39 is 0 Å². The second kappa shape index (κ2) is 7.60. The van der Waals surface area contributed by atoms with Crippen LogP contribution >= 0.6 is 11.5 Å². The molecule has 0 bridgehead atoms. The molecule has 7 nitrogen and oxygen atoms in total. The number of hydrogen-bond acceptors (Lipinski definition) is 6. The van der Waals surface area contributed by atoms with Crippen molar-refractivity contribution in [2.24, 2.45) is 0 Å². The Bertz CT molecular complexity index is 752. The van der Waals surface area contributed by atoms with Crippen molar-refractivity contribution in [3.63, 3.8) is 0 Å². The maximum atomic E-state index is 12.8. The Morgan fingerprint density at radius 1 is 1.12 bits per heavy atom. The first kappa shape index (κ1) is 17.3. The number of aromatic nitrogens is 2. The molecular weight excluding hydrogens is 340 g/mol. The van der Waals surface area contributed by atoms with Gasteiger partial charge < -0.3 is 14.5 Å². The zero-order valence-electron chi connectivity index (χ0n) is 14.3. The molecule has 1 saturated heterocycles. The van der Waals surface area contributed by atoms with Crippen LogP contribution < -0.4 is 0 Å². The maximum Gasteiger partial charge on any atom is 0.409 e. The Hall–Kier alpha value is -2.48. The van der Waals surface area contributed by atoms with E-state index in [2.05, 4.69) is 9.59 Å². The summed E-state index contributed by atoms with van der Waals surface area (Å²) in [4.78, 5) is 28.5. The normalized spacial score (nSPS) is 14.5. The van der Waals surface area contributed by atoms with Crippen LogP contribution in [0.25, 0.3) is 11.3 Å². The molecule has 0 spiro atoms. The molecule has 1 aromatic heterocycles. The molecule has 0 N–H and O–H groups in total. The standard InChI is InChI=1S/C17H20N4O3S/c1-3-24-17(23)21-10-8-20(9-11-21)16(22)15-14(18-19-25-15)13-6-4-12(2)5-7-13/h4-7H,3,8-11H2,1-2H3. The van der Waals surface area contributed by atoms with Gasteiger partial charge in [0, 0.05) is 31.7 Å². The number of nitrogens with zero attached hydrogens (tertiary/aromatic N) is 4. The lowest BCUT2D eigenvalue weighted by Crippen LogP contribution is -2.50. The van der Waals surface area contributed by atoms with Crippen LogP contribution in [0.5, 0.6) is 0 Å². The quantitative estimate of drug-likeness (QED) is 0.840. The van der Waals surface area contributed by atoms with E-state index in [0.717, 1.165) is 22.7 Å². The van der Waals surface area contributed by atoms with Crippen molar-refractivity contribution < 1.29 is 14.3 Å². The van der Waals surface area contributed by atoms with Gasteiger partial charge in [-0.3, -0.25) is 4.79 Å². The molecule has 2 aromatic rings. The number of aryl methyl sites for hydroxylation is 1. The fourth-order valence-corrected chi connectivity index (χ4v) is 3.34. The first-order valence-electron chi connectivity index (χ1n) is 8.20. The predicted octanol–water partition coefficient (Wildman–Crippen LogP) is 2.43. The minimum atomic E-state index is -0.325. The summed E-state index contributed by atoms with van der Waals surface area (Å²) in [5, 5.41) is 4.14. The summed E-state index contributed by atoms with van der Waals surface area (Å²) in [5.74, 6) is -0.0888. The molecule has 1 aliphatic rings. The third-order valence-electron chi connectivity index (χ3n) is 4.10. The molecule has 25 heavy (non-hydrogen) atoms. The van der Waals surface area contributed by atoms with Gasteiger partial charge in [0.25, 0.3) is 5.91 Å². The molecular formula is C17H20N4O3S. The molecule has 1 aromatic carbocycles. The van der Waals surface area contributed by atoms with Gasteiger partial charge in [0.15, 0.2) is 0 Å². The first-order chi connectivity index (χ1) is 12.1. The van der Waals surface area contributed by atoms with Crippen LogP contribution in [0.1, 0.15) is 22.2 Å². The topological polar surface area (TPSA) is 75.6 Å². The molecule has 8 heteroatoms. The molecule has 2 heterocycles. The molecule has 0 unspecified atom stereocenters. The van der Waals surface area contributed by atoms with E-state index in [1.807, 2.05) is 31.2 Å². The van der Waals surface area contributed by atoms with Gasteiger partial charge in [-0.15, -0.1) is 5.10 Å². The van der Waals surface area contributed by atoms with Crippen LogP contribution in [0.15, 0.2) is 24.3 Å². The monoisotopic (exact) mass is 360 g/mol. The molecule has 0 aliphatic carbocycles. The van der Waals surface area contributed by atoms with Crippen LogP contribution in [0.2, 0.25) is 0 Å². The molecule has 1 aliphatic heterocycles. The van der Waals surface area contributed by atoms with Crippen LogP contribution in [-0.4, -0.2) is 64.2 Å². The highest BCUT2D eigenvalue weighted by molar-refractivity contribution is 7.08. The first-order valence-corrected chi connectivity index (χ1v) is 8.98. The third-order valence-corrected chi connectivity index (χ3v) is 4.81. The van der Waals surface area contributed by atoms with E-state index in [9.17, 15) is 9.59 Å². The van der Waals surface area contributed by atoms with Crippen LogP contribution in [0.3, 0.4) is 0 Å². The molecule has 2 amide bonds. The van der Waals surface area contributed by atoms with Crippen LogP contribution in [0, 0.1) is 6.92 Å². The summed E-state index contributed by atoms with van der Waals surface area (Å²) in [7, 11) is 0. The fourth-order valence-electron chi connectivity index (χ4n) is 2.68. The number of benzene rings is 1. The van der Waals surface area contributed by atoms with Gasteiger partial charge in [-0.1, -0.05) is 34.3 Å². The summed E-state index contributed by atoms with van der Waals surface area (Å²) in [6, 6.07) is 7.87. The zero-order chi connectivity index (χ0) is 17.8. The predicted molar refractivity (Wildman–Crippen MR) is 94.6 cm³/mol. The molecule has 0 atom stereocenters. The smallest absolute Gasteiger partial charge is 0.409 e. The maximum absolute atomic E-state index is 12.8. The fraction of sp³-hybridized carbons (Fsp3) is 0.412. The van der Waals surface area contributed by atoms with Gasteiger partial charge in [-0.2, -0.15) is 0 Å². The third kappa shape index (κ3) is 3.79. The average molecular weight is 360 g/mol. The Morgan fingerprint density at radius 3 is 2.40 bits per heavy atom. The van der Waals surface area contributed by atoms with Gasteiger partial charge in [-0.05, 0) is 25.4 Å². The molecule has 3 rings (SSSR count). The number of hydrogen-bond donors (Lipinski definition) is 0. The van der Waals surface area contributed by atoms with Gasteiger partial charge in [0.1, 0.15) is 10.6 Å². The summed E-state index contributed by atoms with van der Waals surface area (Å²) >= 11 is 1.11. The molecule has 0 radical (unpaired) electrons. The van der Waals surface area contributed by atoms with Gasteiger partial charge in [0.05, 0.1) is 6.61 Å². The number of rotatable bonds is 3. The number of carbonyl (C=O) groups excluding carboxylic acids is 2. The van der Waals surface area contributed by atoms with Crippen molar-refractivity contribution in [2.75, 3.05) is 32.8 Å². The molecule has 0 saturated carbocycles. The summed E-state index contributed by atoms with van der Waals surface area (Å²) in [6.07, 6.45) is -0.325. The highest BCUT2D eigenvalue weighted by atomic mass is 32.1. The second-order valence-electron chi connectivity index (χ2n) is 5.79. The Labute approximate surface area is 150 Å². The highest BCUT2D eigenvalue weighted by Gasteiger charge is 2.28. The summed E-state index contributed by atoms with van der Waals surface area (Å²) in [6.45, 7) is 6.03. The number of carbonyl (C=O) groups is 2. The van der Waals surface area contributed by atoms with Crippen molar-refractivity contribution in [3.8, 4) is 11.3 Å². The number of amides is 2. The SMILES string of the molecule is CCOC(=O)N1CCN(C(=O)c2snnc2-c2ccc(C)cc2)CC1. The summed E-state index contributed by atoms with van der Waals surface area (Å²) < 4.78 is 8.97. The van der Waals surface area contributed by atoms with Gasteiger partial charge >= 0.3 is 6.09 Å². The number of piperazine rings is 1. The van der Waals surface area contributed by atoms with E-state index in [4.69, 9.17) is 4.74 Å². The Morgan fingerprint density at radius 2 is 1.76 bits per heavy atom. The van der Waals surface area contributed by atoms with E-state index in [1.165, 1.54) is 0 Å². The Balaban J connectivity index is 1.70. The minimum absolute atomic E-state index is 0.0888. The van der Waals surface area contributed by atoms with Crippen molar-refractivity contribution in [3.05, 3.63) is 34.7 Å². The second-order valence-corrected chi connectivity index (χ2v) is 6.55. The Kier molecular flexibility index (Phi) is 5.28. The number of ether oxygens (including phenoxy) is 1.